The molecule has 2 saturated carbocycles. The van der Waals surface area contributed by atoms with Crippen LogP contribution in [0.1, 0.15) is 91.5 Å². The van der Waals surface area contributed by atoms with Crippen molar-refractivity contribution in [3.63, 3.8) is 0 Å². The molecule has 0 radical (unpaired) electrons. The first kappa shape index (κ1) is 35.5. The van der Waals surface area contributed by atoms with Crippen molar-refractivity contribution in [2.24, 2.45) is 29.1 Å². The van der Waals surface area contributed by atoms with Crippen molar-refractivity contribution in [3.05, 3.63) is 64.2 Å². The zero-order valence-corrected chi connectivity index (χ0v) is 28.9. The summed E-state index contributed by atoms with van der Waals surface area (Å²) in [7, 11) is 0. The van der Waals surface area contributed by atoms with Gasteiger partial charge in [-0.2, -0.15) is 0 Å². The lowest BCUT2D eigenvalue weighted by Crippen LogP contribution is -2.66. The predicted octanol–water partition coefficient (Wildman–Crippen LogP) is 6.15. The van der Waals surface area contributed by atoms with Crippen molar-refractivity contribution in [2.45, 2.75) is 109 Å². The SMILES string of the molecule is CCCCCCCCC(=O)O[C@@]12[C@H](OC(=O)/C=C/c3ccc(Cl)cc3)[C@@H](C)[C@@]3(O)[C@@H](C=C(CO)C[C@]4(O)C(=O)C(C)=C[C@@H]34)[C@@H]1C2(C)C. The van der Waals surface area contributed by atoms with Crippen LogP contribution in [0, 0.1) is 29.1 Å². The number of aliphatic hydroxyl groups excluding tert-OH is 1. The number of rotatable bonds is 12. The second-order valence-corrected chi connectivity index (χ2v) is 15.1. The number of ether oxygens (including phenoxy) is 2. The topological polar surface area (TPSA) is 130 Å². The molecule has 9 heteroatoms. The Kier molecular flexibility index (Phi) is 10.0. The number of ketones is 1. The van der Waals surface area contributed by atoms with E-state index in [1.165, 1.54) is 6.08 Å². The molecule has 1 aromatic rings. The molecule has 4 aliphatic carbocycles. The van der Waals surface area contributed by atoms with Gasteiger partial charge >= 0.3 is 11.9 Å². The molecule has 8 atom stereocenters. The van der Waals surface area contributed by atoms with Crippen LogP contribution in [0.15, 0.2) is 53.6 Å². The zero-order valence-electron chi connectivity index (χ0n) is 28.1. The number of fused-ring (bicyclic) bond motifs is 5. The molecule has 2 fully saturated rings. The summed E-state index contributed by atoms with van der Waals surface area (Å²) in [5, 5.41) is 35.8. The molecular formula is C38H49ClO8. The second kappa shape index (κ2) is 13.3. The molecule has 0 aromatic heterocycles. The molecule has 1 aromatic carbocycles. The largest absolute Gasteiger partial charge is 0.455 e. The van der Waals surface area contributed by atoms with Gasteiger partial charge in [0, 0.05) is 53.0 Å². The van der Waals surface area contributed by atoms with Gasteiger partial charge in [0.2, 0.25) is 0 Å². The zero-order chi connectivity index (χ0) is 34.4. The highest BCUT2D eigenvalue weighted by Crippen LogP contribution is 2.77. The van der Waals surface area contributed by atoms with Gasteiger partial charge in [-0.25, -0.2) is 4.79 Å². The standard InChI is InChI=1S/C38H49ClO8/c1-6-7-8-9-10-11-12-31(42)47-38-32(35(38,4)5)28-20-26(22-40)21-36(44)29(19-23(2)33(36)43)37(28,45)24(3)34(38)46-30(41)18-15-25-13-16-27(39)17-14-25/h13-20,24,28-29,32,34,40,44-45H,6-12,21-22H2,1-5H3/b18-15+/t24-,28+,29-,32-,34-,36-,37-,38-/m1/s1. The molecule has 8 nitrogen and oxygen atoms in total. The molecule has 256 valence electrons. The normalized spacial score (nSPS) is 35.3. The van der Waals surface area contributed by atoms with Crippen molar-refractivity contribution in [3.8, 4) is 0 Å². The molecule has 47 heavy (non-hydrogen) atoms. The Hall–Kier alpha value is -2.78. The number of hydrogen-bond donors (Lipinski definition) is 3. The first-order chi connectivity index (χ1) is 22.2. The van der Waals surface area contributed by atoms with Crippen molar-refractivity contribution in [2.75, 3.05) is 6.61 Å². The Labute approximate surface area is 282 Å². The summed E-state index contributed by atoms with van der Waals surface area (Å²) in [6.45, 7) is 8.95. The monoisotopic (exact) mass is 668 g/mol. The van der Waals surface area contributed by atoms with Crippen LogP contribution in [0.3, 0.4) is 0 Å². The number of carbonyl (C=O) groups excluding carboxylic acids is 3. The van der Waals surface area contributed by atoms with E-state index >= 15 is 0 Å². The minimum absolute atomic E-state index is 0.140. The lowest BCUT2D eigenvalue weighted by atomic mass is 9.59. The summed E-state index contributed by atoms with van der Waals surface area (Å²) in [5.41, 5.74) is -4.32. The number of carbonyl (C=O) groups is 3. The van der Waals surface area contributed by atoms with E-state index in [2.05, 4.69) is 6.92 Å². The van der Waals surface area contributed by atoms with E-state index in [0.717, 1.165) is 37.7 Å². The Morgan fingerprint density at radius 2 is 1.70 bits per heavy atom. The summed E-state index contributed by atoms with van der Waals surface area (Å²) in [6, 6.07) is 6.94. The van der Waals surface area contributed by atoms with Crippen LogP contribution in [0.2, 0.25) is 5.02 Å². The van der Waals surface area contributed by atoms with Gasteiger partial charge in [0.05, 0.1) is 12.2 Å². The van der Waals surface area contributed by atoms with Gasteiger partial charge in [0.25, 0.3) is 0 Å². The molecule has 0 unspecified atom stereocenters. The van der Waals surface area contributed by atoms with Crippen LogP contribution in [-0.4, -0.2) is 62.6 Å². The molecule has 0 amide bonds. The van der Waals surface area contributed by atoms with Crippen molar-refractivity contribution in [1.82, 2.24) is 0 Å². The number of halogens is 1. The molecule has 0 heterocycles. The lowest BCUT2D eigenvalue weighted by Gasteiger charge is -2.53. The van der Waals surface area contributed by atoms with Gasteiger partial charge in [-0.3, -0.25) is 9.59 Å². The number of Topliss-reactive ketones (excluding diaryl/α,β-unsaturated/α-hetero) is 1. The molecule has 0 aliphatic heterocycles. The number of aliphatic hydroxyl groups is 3. The van der Waals surface area contributed by atoms with Crippen molar-refractivity contribution >= 4 is 35.4 Å². The van der Waals surface area contributed by atoms with Crippen LogP contribution in [0.5, 0.6) is 0 Å². The highest BCUT2D eigenvalue weighted by atomic mass is 35.5. The third-order valence-electron chi connectivity index (χ3n) is 11.5. The number of hydrogen-bond acceptors (Lipinski definition) is 8. The first-order valence-electron chi connectivity index (χ1n) is 17.0. The Balaban J connectivity index is 1.53. The van der Waals surface area contributed by atoms with Gasteiger partial charge < -0.3 is 24.8 Å². The maximum Gasteiger partial charge on any atom is 0.331 e. The van der Waals surface area contributed by atoms with Gasteiger partial charge in [0.1, 0.15) is 11.7 Å². The number of esters is 2. The van der Waals surface area contributed by atoms with E-state index in [0.29, 0.717) is 22.6 Å². The highest BCUT2D eigenvalue weighted by Gasteiger charge is 2.87. The molecule has 3 N–H and O–H groups in total. The average Bonchev–Trinajstić information content (AvgIpc) is 3.46. The Morgan fingerprint density at radius 3 is 2.36 bits per heavy atom. The van der Waals surface area contributed by atoms with Gasteiger partial charge in [-0.15, -0.1) is 0 Å². The third-order valence-corrected chi connectivity index (χ3v) is 11.8. The summed E-state index contributed by atoms with van der Waals surface area (Å²) < 4.78 is 12.6. The number of unbranched alkanes of at least 4 members (excludes halogenated alkanes) is 5. The molecular weight excluding hydrogens is 620 g/mol. The van der Waals surface area contributed by atoms with E-state index in [1.807, 2.05) is 13.8 Å². The third kappa shape index (κ3) is 5.94. The predicted molar refractivity (Wildman–Crippen MR) is 179 cm³/mol. The summed E-state index contributed by atoms with van der Waals surface area (Å²) >= 11 is 6.01. The molecule has 4 aliphatic rings. The van der Waals surface area contributed by atoms with Crippen LogP contribution < -0.4 is 0 Å². The highest BCUT2D eigenvalue weighted by molar-refractivity contribution is 6.30. The maximum atomic E-state index is 13.5. The first-order valence-corrected chi connectivity index (χ1v) is 17.4. The van der Waals surface area contributed by atoms with Crippen molar-refractivity contribution < 1.29 is 39.2 Å². The van der Waals surface area contributed by atoms with E-state index in [9.17, 15) is 29.7 Å². The summed E-state index contributed by atoms with van der Waals surface area (Å²) in [5.74, 6) is -4.75. The second-order valence-electron chi connectivity index (χ2n) is 14.7. The van der Waals surface area contributed by atoms with Crippen LogP contribution in [0.25, 0.3) is 6.08 Å². The average molecular weight is 669 g/mol. The minimum Gasteiger partial charge on any atom is -0.455 e. The molecule has 5 rings (SSSR count). The quantitative estimate of drug-likeness (QED) is 0.105. The minimum atomic E-state index is -1.98. The van der Waals surface area contributed by atoms with E-state index in [-0.39, 0.29) is 12.8 Å². The summed E-state index contributed by atoms with van der Waals surface area (Å²) in [4.78, 5) is 40.4. The number of benzene rings is 1. The van der Waals surface area contributed by atoms with Crippen LogP contribution in [0.4, 0.5) is 0 Å². The van der Waals surface area contributed by atoms with E-state index < -0.39 is 76.3 Å². The Morgan fingerprint density at radius 1 is 1.04 bits per heavy atom. The molecule has 0 bridgehead atoms. The fraction of sp³-hybridized carbons (Fsp3) is 0.605. The van der Waals surface area contributed by atoms with Crippen LogP contribution >= 0.6 is 11.6 Å². The van der Waals surface area contributed by atoms with Crippen LogP contribution in [-0.2, 0) is 23.9 Å². The van der Waals surface area contributed by atoms with Gasteiger partial charge in [-0.1, -0.05) is 95.7 Å². The van der Waals surface area contributed by atoms with Gasteiger partial charge in [-0.05, 0) is 48.3 Å². The maximum absolute atomic E-state index is 13.5. The summed E-state index contributed by atoms with van der Waals surface area (Å²) in [6.07, 6.45) is 11.3. The van der Waals surface area contributed by atoms with Gasteiger partial charge in [0.15, 0.2) is 11.4 Å². The smallest absolute Gasteiger partial charge is 0.331 e. The molecule has 0 spiro atoms. The van der Waals surface area contributed by atoms with E-state index in [1.54, 1.807) is 56.3 Å². The van der Waals surface area contributed by atoms with Crippen molar-refractivity contribution in [1.29, 1.82) is 0 Å². The fourth-order valence-corrected chi connectivity index (χ4v) is 9.14. The lowest BCUT2D eigenvalue weighted by molar-refractivity contribution is -0.227. The molecule has 0 saturated heterocycles. The van der Waals surface area contributed by atoms with E-state index in [4.69, 9.17) is 21.1 Å². The fourth-order valence-electron chi connectivity index (χ4n) is 9.02. The Bertz CT molecular complexity index is 1480.